The fraction of sp³-hybridized carbons (Fsp3) is 0.647. The van der Waals surface area contributed by atoms with Gasteiger partial charge in [0, 0.05) is 25.2 Å². The van der Waals surface area contributed by atoms with Crippen molar-refractivity contribution in [3.8, 4) is 0 Å². The molecule has 0 bridgehead atoms. The van der Waals surface area contributed by atoms with Crippen molar-refractivity contribution in [2.24, 2.45) is 5.92 Å². The maximum absolute atomic E-state index is 13.4. The molecule has 2 aliphatic heterocycles. The first-order chi connectivity index (χ1) is 11.3. The Bertz CT molecular complexity index is 709. The summed E-state index contributed by atoms with van der Waals surface area (Å²) in [5.74, 6) is -1.87. The molecule has 2 fully saturated rings. The summed E-state index contributed by atoms with van der Waals surface area (Å²) in [5, 5.41) is 0. The summed E-state index contributed by atoms with van der Waals surface area (Å²) in [5.41, 5.74) is 0. The van der Waals surface area contributed by atoms with Crippen LogP contribution in [0.5, 0.6) is 0 Å². The van der Waals surface area contributed by atoms with Gasteiger partial charge in [-0.05, 0) is 57.4 Å². The van der Waals surface area contributed by atoms with E-state index in [9.17, 15) is 17.2 Å². The predicted octanol–water partition coefficient (Wildman–Crippen LogP) is 2.85. The Kier molecular flexibility index (Phi) is 4.95. The van der Waals surface area contributed by atoms with E-state index in [1.54, 1.807) is 0 Å². The number of fused-ring (bicyclic) bond motifs is 1. The maximum atomic E-state index is 13.4. The lowest BCUT2D eigenvalue weighted by molar-refractivity contribution is 0.144. The molecule has 2 atom stereocenters. The molecule has 2 heterocycles. The molecule has 0 N–H and O–H groups in total. The van der Waals surface area contributed by atoms with Crippen LogP contribution < -0.4 is 0 Å². The normalized spacial score (nSPS) is 26.5. The largest absolute Gasteiger partial charge is 0.296 e. The highest BCUT2D eigenvalue weighted by molar-refractivity contribution is 7.89. The van der Waals surface area contributed by atoms with Crippen molar-refractivity contribution in [3.05, 3.63) is 29.8 Å². The van der Waals surface area contributed by atoms with Crippen molar-refractivity contribution in [2.75, 3.05) is 19.6 Å². The first-order valence-electron chi connectivity index (χ1n) is 8.51. The number of likely N-dealkylation sites (tertiary alicyclic amines) is 1. The van der Waals surface area contributed by atoms with Gasteiger partial charge in [0.2, 0.25) is 10.0 Å². The summed E-state index contributed by atoms with van der Waals surface area (Å²) in [6, 6.07) is 3.35. The number of hydrogen-bond acceptors (Lipinski definition) is 3. The van der Waals surface area contributed by atoms with Crippen LogP contribution in [0, 0.1) is 17.6 Å². The molecular formula is C17H24F2N2O2S. The average Bonchev–Trinajstić information content (AvgIpc) is 2.84. The van der Waals surface area contributed by atoms with Gasteiger partial charge in [0.25, 0.3) is 0 Å². The second kappa shape index (κ2) is 6.69. The van der Waals surface area contributed by atoms with Gasteiger partial charge in [0.1, 0.15) is 0 Å². The van der Waals surface area contributed by atoms with Crippen LogP contribution in [-0.2, 0) is 10.0 Å². The second-order valence-electron chi connectivity index (χ2n) is 7.05. The van der Waals surface area contributed by atoms with Crippen LogP contribution in [0.15, 0.2) is 23.1 Å². The van der Waals surface area contributed by atoms with Gasteiger partial charge >= 0.3 is 0 Å². The zero-order valence-corrected chi connectivity index (χ0v) is 14.9. The summed E-state index contributed by atoms with van der Waals surface area (Å²) in [4.78, 5) is 2.22. The third-order valence-corrected chi connectivity index (χ3v) is 7.06. The van der Waals surface area contributed by atoms with Crippen molar-refractivity contribution in [1.82, 2.24) is 9.21 Å². The Morgan fingerprint density at radius 3 is 2.54 bits per heavy atom. The predicted molar refractivity (Wildman–Crippen MR) is 88.1 cm³/mol. The van der Waals surface area contributed by atoms with Gasteiger partial charge in [-0.3, -0.25) is 4.90 Å². The van der Waals surface area contributed by atoms with Crippen molar-refractivity contribution < 1.29 is 17.2 Å². The quantitative estimate of drug-likeness (QED) is 0.834. The zero-order valence-electron chi connectivity index (χ0n) is 14.1. The molecule has 3 rings (SSSR count). The Morgan fingerprint density at radius 2 is 1.88 bits per heavy atom. The van der Waals surface area contributed by atoms with Gasteiger partial charge in [-0.1, -0.05) is 6.42 Å². The first kappa shape index (κ1) is 17.8. The molecule has 2 saturated heterocycles. The van der Waals surface area contributed by atoms with Gasteiger partial charge in [0.15, 0.2) is 11.6 Å². The minimum Gasteiger partial charge on any atom is -0.296 e. The molecule has 0 unspecified atom stereocenters. The number of benzene rings is 1. The number of rotatable bonds is 3. The molecule has 0 saturated carbocycles. The molecule has 134 valence electrons. The minimum atomic E-state index is -3.80. The molecule has 0 radical (unpaired) electrons. The van der Waals surface area contributed by atoms with Crippen molar-refractivity contribution in [2.45, 2.75) is 50.1 Å². The Balaban J connectivity index is 1.86. The molecular weight excluding hydrogens is 334 g/mol. The van der Waals surface area contributed by atoms with E-state index in [2.05, 4.69) is 18.7 Å². The summed E-state index contributed by atoms with van der Waals surface area (Å²) in [7, 11) is -3.80. The summed E-state index contributed by atoms with van der Waals surface area (Å²) < 4.78 is 53.6. The molecule has 4 nitrogen and oxygen atoms in total. The summed E-state index contributed by atoms with van der Waals surface area (Å²) >= 11 is 0. The molecule has 0 aliphatic carbocycles. The topological polar surface area (TPSA) is 40.6 Å². The fourth-order valence-corrected chi connectivity index (χ4v) is 5.49. The Hall–Kier alpha value is -1.05. The molecule has 0 aromatic heterocycles. The van der Waals surface area contributed by atoms with Crippen LogP contribution in [0.3, 0.4) is 0 Å². The standard InChI is InChI=1S/C17H24F2N2O2S/c1-12(2)21-8-4-3-5-13-10-20(11-17(13)21)24(22,23)14-6-7-15(18)16(19)9-14/h6-7,9,12-13,17H,3-5,8,10-11H2,1-2H3/t13-,17+/m0/s1. The van der Waals surface area contributed by atoms with Gasteiger partial charge in [-0.15, -0.1) is 0 Å². The fourth-order valence-electron chi connectivity index (χ4n) is 3.97. The Labute approximate surface area is 142 Å². The Morgan fingerprint density at radius 1 is 1.12 bits per heavy atom. The van der Waals surface area contributed by atoms with E-state index in [0.29, 0.717) is 25.0 Å². The lowest BCUT2D eigenvalue weighted by Gasteiger charge is -2.33. The van der Waals surface area contributed by atoms with Crippen molar-refractivity contribution >= 4 is 10.0 Å². The zero-order chi connectivity index (χ0) is 17.5. The monoisotopic (exact) mass is 358 g/mol. The van der Waals surface area contributed by atoms with E-state index in [1.165, 1.54) is 4.31 Å². The van der Waals surface area contributed by atoms with Crippen LogP contribution in [0.2, 0.25) is 0 Å². The minimum absolute atomic E-state index is 0.172. The lowest BCUT2D eigenvalue weighted by atomic mass is 9.98. The van der Waals surface area contributed by atoms with Gasteiger partial charge in [-0.25, -0.2) is 17.2 Å². The summed E-state index contributed by atoms with van der Waals surface area (Å²) in [6.07, 6.45) is 3.25. The van der Waals surface area contributed by atoms with E-state index in [4.69, 9.17) is 0 Å². The maximum Gasteiger partial charge on any atom is 0.243 e. The van der Waals surface area contributed by atoms with E-state index in [-0.39, 0.29) is 10.9 Å². The van der Waals surface area contributed by atoms with Crippen molar-refractivity contribution in [3.63, 3.8) is 0 Å². The molecule has 0 amide bonds. The lowest BCUT2D eigenvalue weighted by Crippen LogP contribution is -2.44. The molecule has 1 aromatic carbocycles. The van der Waals surface area contributed by atoms with Crippen LogP contribution in [0.4, 0.5) is 8.78 Å². The van der Waals surface area contributed by atoms with Gasteiger partial charge in [0.05, 0.1) is 4.90 Å². The molecule has 0 spiro atoms. The van der Waals surface area contributed by atoms with Crippen LogP contribution in [0.25, 0.3) is 0 Å². The average molecular weight is 358 g/mol. The van der Waals surface area contributed by atoms with Gasteiger partial charge < -0.3 is 0 Å². The van der Waals surface area contributed by atoms with Crippen molar-refractivity contribution in [1.29, 1.82) is 0 Å². The third-order valence-electron chi connectivity index (χ3n) is 5.23. The highest BCUT2D eigenvalue weighted by atomic mass is 32.2. The van der Waals surface area contributed by atoms with E-state index in [1.807, 2.05) is 0 Å². The SMILES string of the molecule is CC(C)N1CCCC[C@H]2CN(S(=O)(=O)c3ccc(F)c(F)c3)C[C@H]21. The smallest absolute Gasteiger partial charge is 0.243 e. The van der Waals surface area contributed by atoms with E-state index < -0.39 is 21.7 Å². The highest BCUT2D eigenvalue weighted by Gasteiger charge is 2.43. The highest BCUT2D eigenvalue weighted by Crippen LogP contribution is 2.34. The van der Waals surface area contributed by atoms with Crippen LogP contribution in [0.1, 0.15) is 33.1 Å². The first-order valence-corrected chi connectivity index (χ1v) is 9.95. The molecule has 24 heavy (non-hydrogen) atoms. The number of sulfonamides is 1. The van der Waals surface area contributed by atoms with E-state index >= 15 is 0 Å². The third kappa shape index (κ3) is 3.21. The van der Waals surface area contributed by atoms with E-state index in [0.717, 1.165) is 44.0 Å². The number of nitrogens with zero attached hydrogens (tertiary/aromatic N) is 2. The van der Waals surface area contributed by atoms with Crippen LogP contribution >= 0.6 is 0 Å². The second-order valence-corrected chi connectivity index (χ2v) is 8.99. The van der Waals surface area contributed by atoms with Crippen LogP contribution in [-0.4, -0.2) is 49.3 Å². The number of halogens is 2. The molecule has 2 aliphatic rings. The molecule has 7 heteroatoms. The van der Waals surface area contributed by atoms with Gasteiger partial charge in [-0.2, -0.15) is 4.31 Å². The number of hydrogen-bond donors (Lipinski definition) is 0. The summed E-state index contributed by atoms with van der Waals surface area (Å²) in [6.45, 7) is 6.13. The molecule has 1 aromatic rings.